The van der Waals surface area contributed by atoms with E-state index in [1.54, 1.807) is 35.7 Å². The highest BCUT2D eigenvalue weighted by Gasteiger charge is 2.58. The summed E-state index contributed by atoms with van der Waals surface area (Å²) >= 11 is 0. The van der Waals surface area contributed by atoms with Crippen LogP contribution in [-0.4, -0.2) is 50.9 Å². The number of halogens is 1. The third-order valence-electron chi connectivity index (χ3n) is 9.75. The number of likely N-dealkylation sites (tertiary alicyclic amines) is 1. The van der Waals surface area contributed by atoms with Crippen LogP contribution in [0.1, 0.15) is 92.9 Å². The van der Waals surface area contributed by atoms with Gasteiger partial charge in [-0.05, 0) is 65.6 Å². The Labute approximate surface area is 289 Å². The zero-order valence-corrected chi connectivity index (χ0v) is 30.0. The summed E-state index contributed by atoms with van der Waals surface area (Å²) in [5.41, 5.74) is 4.46. The number of aryl methyl sites for hydroxylation is 1. The molecule has 0 radical (unpaired) electrons. The first kappa shape index (κ1) is 35.8. The predicted molar refractivity (Wildman–Crippen MR) is 190 cm³/mol. The first-order chi connectivity index (χ1) is 23.1. The van der Waals surface area contributed by atoms with Gasteiger partial charge in [-0.2, -0.15) is 5.10 Å². The summed E-state index contributed by atoms with van der Waals surface area (Å²) in [5.74, 6) is -1.57. The topological polar surface area (TPSA) is 96.7 Å². The lowest BCUT2D eigenvalue weighted by atomic mass is 9.72. The average molecular weight is 669 g/mol. The normalized spacial score (nSPS) is 19.7. The molecule has 0 unspecified atom stereocenters. The Kier molecular flexibility index (Phi) is 10.1. The minimum Gasteiger partial charge on any atom is -0.496 e. The van der Waals surface area contributed by atoms with E-state index in [1.807, 2.05) is 64.1 Å². The zero-order valence-electron chi connectivity index (χ0n) is 30.0. The van der Waals surface area contributed by atoms with Crippen LogP contribution in [0.3, 0.4) is 0 Å². The van der Waals surface area contributed by atoms with Crippen molar-refractivity contribution in [1.82, 2.24) is 20.0 Å². The molecule has 0 spiro atoms. The zero-order chi connectivity index (χ0) is 35.8. The Morgan fingerprint density at radius 3 is 2.18 bits per heavy atom. The molecule has 8 nitrogen and oxygen atoms in total. The van der Waals surface area contributed by atoms with Crippen LogP contribution in [0.2, 0.25) is 0 Å². The number of nitrogens with zero attached hydrogens (tertiary/aromatic N) is 3. The van der Waals surface area contributed by atoms with Crippen molar-refractivity contribution < 1.29 is 23.8 Å². The molecule has 3 aromatic carbocycles. The van der Waals surface area contributed by atoms with Crippen LogP contribution in [0.5, 0.6) is 5.75 Å². The van der Waals surface area contributed by atoms with Gasteiger partial charge in [-0.3, -0.25) is 4.79 Å². The summed E-state index contributed by atoms with van der Waals surface area (Å²) in [4.78, 5) is 30.1. The fourth-order valence-corrected chi connectivity index (χ4v) is 7.42. The van der Waals surface area contributed by atoms with Crippen molar-refractivity contribution in [2.75, 3.05) is 7.11 Å². The number of amides is 1. The maximum absolute atomic E-state index is 15.1. The molecule has 1 aliphatic heterocycles. The van der Waals surface area contributed by atoms with Gasteiger partial charge in [0.1, 0.15) is 17.6 Å². The predicted octanol–water partition coefficient (Wildman–Crippen LogP) is 7.66. The van der Waals surface area contributed by atoms with E-state index in [1.165, 1.54) is 12.1 Å². The minimum absolute atomic E-state index is 0.0836. The molecule has 260 valence electrons. The number of nitrogens with one attached hydrogen (secondary N) is 1. The van der Waals surface area contributed by atoms with E-state index in [-0.39, 0.29) is 11.2 Å². The molecule has 1 fully saturated rings. The number of carbonyl (C=O) groups excluding carboxylic acids is 1. The first-order valence-corrected chi connectivity index (χ1v) is 16.9. The summed E-state index contributed by atoms with van der Waals surface area (Å²) in [7, 11) is 1.65. The Morgan fingerprint density at radius 1 is 0.980 bits per heavy atom. The Morgan fingerprint density at radius 2 is 1.63 bits per heavy atom. The maximum Gasteiger partial charge on any atom is 0.326 e. The van der Waals surface area contributed by atoms with Crippen molar-refractivity contribution in [1.29, 1.82) is 0 Å². The lowest BCUT2D eigenvalue weighted by Gasteiger charge is -2.35. The van der Waals surface area contributed by atoms with Crippen LogP contribution in [0.15, 0.2) is 72.8 Å². The molecule has 1 saturated heterocycles. The summed E-state index contributed by atoms with van der Waals surface area (Å²) < 4.78 is 21.3. The van der Waals surface area contributed by atoms with E-state index in [4.69, 9.17) is 9.84 Å². The Balaban J connectivity index is 1.67. The van der Waals surface area contributed by atoms with Gasteiger partial charge >= 0.3 is 5.97 Å². The van der Waals surface area contributed by atoms with Gasteiger partial charge in [0.25, 0.3) is 5.91 Å². The monoisotopic (exact) mass is 668 g/mol. The number of benzene rings is 3. The molecule has 1 aromatic heterocycles. The van der Waals surface area contributed by atoms with Crippen molar-refractivity contribution >= 4 is 11.9 Å². The summed E-state index contributed by atoms with van der Waals surface area (Å²) in [6, 6.07) is 19.6. The van der Waals surface area contributed by atoms with Crippen LogP contribution in [0.4, 0.5) is 4.39 Å². The average Bonchev–Trinajstić information content (AvgIpc) is 3.58. The second-order valence-corrected chi connectivity index (χ2v) is 15.1. The number of carboxylic acids is 1. The van der Waals surface area contributed by atoms with E-state index in [0.29, 0.717) is 35.6 Å². The molecule has 1 amide bonds. The van der Waals surface area contributed by atoms with Crippen molar-refractivity contribution in [2.45, 2.75) is 91.9 Å². The van der Waals surface area contributed by atoms with Gasteiger partial charge in [0, 0.05) is 24.1 Å². The fourth-order valence-electron chi connectivity index (χ4n) is 7.42. The summed E-state index contributed by atoms with van der Waals surface area (Å²) in [6.07, 6.45) is 0.454. The number of methoxy groups -OCH3 is 1. The largest absolute Gasteiger partial charge is 0.496 e. The molecule has 9 heteroatoms. The molecule has 2 heterocycles. The number of hydrogen-bond donors (Lipinski definition) is 2. The Hall–Kier alpha value is -4.50. The van der Waals surface area contributed by atoms with Gasteiger partial charge in [-0.25, -0.2) is 13.9 Å². The number of hydrogen-bond acceptors (Lipinski definition) is 5. The van der Waals surface area contributed by atoms with Gasteiger partial charge in [-0.15, -0.1) is 0 Å². The van der Waals surface area contributed by atoms with E-state index in [9.17, 15) is 14.3 Å². The van der Waals surface area contributed by atoms with E-state index >= 15 is 4.79 Å². The molecular formula is C40H49FN4O4. The van der Waals surface area contributed by atoms with Gasteiger partial charge in [0.15, 0.2) is 0 Å². The molecular weight excluding hydrogens is 619 g/mol. The van der Waals surface area contributed by atoms with E-state index in [0.717, 1.165) is 22.4 Å². The lowest BCUT2D eigenvalue weighted by molar-refractivity contribution is -0.144. The Bertz CT molecular complexity index is 1800. The van der Waals surface area contributed by atoms with Crippen LogP contribution in [-0.2, 0) is 23.2 Å². The number of rotatable bonds is 9. The quantitative estimate of drug-likeness (QED) is 0.190. The molecule has 4 atom stereocenters. The maximum atomic E-state index is 15.1. The molecule has 5 rings (SSSR count). The first-order valence-electron chi connectivity index (χ1n) is 16.9. The highest BCUT2D eigenvalue weighted by atomic mass is 19.1. The number of ether oxygens (including phenoxy) is 1. The fraction of sp³-hybridized carbons (Fsp3) is 0.425. The number of carbonyl (C=O) groups is 2. The molecule has 4 aromatic rings. The number of aliphatic carboxylic acids is 1. The van der Waals surface area contributed by atoms with Crippen molar-refractivity contribution in [3.8, 4) is 11.4 Å². The second kappa shape index (κ2) is 13.8. The summed E-state index contributed by atoms with van der Waals surface area (Å²) in [5, 5.41) is 19.5. The third kappa shape index (κ3) is 6.99. The standard InChI is InChI=1S/C40H49FN4O4/c1-10-30-32(24(2)43-45(30)29-19-17-28(41)18-20-29)37(46)44-35(25-14-12-11-13-15-25)34(33(40(6,7)8)36(44)38(47)48)42-23-26-22-27(39(3,4)5)16-21-31(26)49-9/h11-22,33-36,42H,10,23H2,1-9H3,(H,47,48)/t33-,34-,35-,36-/m0/s1. The second-order valence-electron chi connectivity index (χ2n) is 15.1. The van der Waals surface area contributed by atoms with Crippen LogP contribution in [0.25, 0.3) is 5.69 Å². The van der Waals surface area contributed by atoms with Crippen LogP contribution in [0, 0.1) is 24.1 Å². The van der Waals surface area contributed by atoms with Crippen LogP contribution >= 0.6 is 0 Å². The van der Waals surface area contributed by atoms with E-state index in [2.05, 4.69) is 38.2 Å². The van der Waals surface area contributed by atoms with Crippen LogP contribution < -0.4 is 10.1 Å². The third-order valence-corrected chi connectivity index (χ3v) is 9.75. The molecule has 1 aliphatic rings. The summed E-state index contributed by atoms with van der Waals surface area (Å²) in [6.45, 7) is 16.7. The SMILES string of the molecule is CCc1c(C(=O)N2[C@H](C(=O)O)[C@@H](C(C)(C)C)[C@H](NCc3cc(C(C)(C)C)ccc3OC)[C@@H]2c2ccccc2)c(C)nn1-c1ccc(F)cc1. The molecule has 0 aliphatic carbocycles. The van der Waals surface area contributed by atoms with E-state index < -0.39 is 41.3 Å². The van der Waals surface area contributed by atoms with Crippen molar-refractivity contribution in [3.63, 3.8) is 0 Å². The molecule has 0 bridgehead atoms. The number of carboxylic acid groups (broad SMARTS) is 1. The molecule has 0 saturated carbocycles. The van der Waals surface area contributed by atoms with Gasteiger partial charge < -0.3 is 20.1 Å². The smallest absolute Gasteiger partial charge is 0.326 e. The lowest BCUT2D eigenvalue weighted by Crippen LogP contribution is -2.48. The highest BCUT2D eigenvalue weighted by molar-refractivity contribution is 5.99. The van der Waals surface area contributed by atoms with Gasteiger partial charge in [0.2, 0.25) is 0 Å². The van der Waals surface area contributed by atoms with Crippen molar-refractivity contribution in [2.24, 2.45) is 11.3 Å². The van der Waals surface area contributed by atoms with Gasteiger partial charge in [0.05, 0.1) is 35.8 Å². The molecule has 2 N–H and O–H groups in total. The number of aromatic nitrogens is 2. The van der Waals surface area contributed by atoms with Gasteiger partial charge in [-0.1, -0.05) is 90.9 Å². The molecule has 49 heavy (non-hydrogen) atoms. The minimum atomic E-state index is -1.14. The highest BCUT2D eigenvalue weighted by Crippen LogP contribution is 2.49. The van der Waals surface area contributed by atoms with Crippen molar-refractivity contribution in [3.05, 3.63) is 112 Å².